The molecule has 15 heavy (non-hydrogen) atoms. The van der Waals surface area contributed by atoms with Gasteiger partial charge < -0.3 is 5.32 Å². The normalized spacial score (nSPS) is 27.8. The Labute approximate surface area is 91.9 Å². The lowest BCUT2D eigenvalue weighted by Gasteiger charge is -2.27. The molecule has 1 saturated carbocycles. The van der Waals surface area contributed by atoms with Gasteiger partial charge in [-0.2, -0.15) is 5.26 Å². The Balaban J connectivity index is 2.35. The molecule has 0 bridgehead atoms. The van der Waals surface area contributed by atoms with Crippen LogP contribution >= 0.6 is 0 Å². The average molecular weight is 208 g/mol. The summed E-state index contributed by atoms with van der Waals surface area (Å²) in [6.45, 7) is 4.12. The van der Waals surface area contributed by atoms with Crippen LogP contribution in [0.15, 0.2) is 0 Å². The van der Waals surface area contributed by atoms with Gasteiger partial charge in [0, 0.05) is 6.04 Å². The predicted molar refractivity (Wildman–Crippen MR) is 59.0 cm³/mol. The van der Waals surface area contributed by atoms with Gasteiger partial charge in [0.1, 0.15) is 5.92 Å². The van der Waals surface area contributed by atoms with Crippen LogP contribution in [-0.2, 0) is 4.79 Å². The van der Waals surface area contributed by atoms with Crippen molar-refractivity contribution < 1.29 is 4.79 Å². The zero-order valence-corrected chi connectivity index (χ0v) is 9.62. The highest BCUT2D eigenvalue weighted by molar-refractivity contribution is 5.81. The zero-order chi connectivity index (χ0) is 11.3. The first-order valence-electron chi connectivity index (χ1n) is 5.87. The van der Waals surface area contributed by atoms with Gasteiger partial charge in [0.05, 0.1) is 6.07 Å². The van der Waals surface area contributed by atoms with Crippen molar-refractivity contribution in [1.82, 2.24) is 5.32 Å². The molecule has 3 nitrogen and oxygen atoms in total. The summed E-state index contributed by atoms with van der Waals surface area (Å²) in [7, 11) is 0. The molecule has 0 aliphatic heterocycles. The molecule has 3 heteroatoms. The minimum atomic E-state index is -0.468. The lowest BCUT2D eigenvalue weighted by Crippen LogP contribution is -2.40. The third kappa shape index (κ3) is 3.54. The second kappa shape index (κ2) is 5.75. The van der Waals surface area contributed by atoms with Crippen molar-refractivity contribution in [3.63, 3.8) is 0 Å². The maximum atomic E-state index is 11.6. The van der Waals surface area contributed by atoms with Gasteiger partial charge in [0.15, 0.2) is 0 Å². The molecule has 1 aliphatic carbocycles. The van der Waals surface area contributed by atoms with E-state index in [-0.39, 0.29) is 5.91 Å². The van der Waals surface area contributed by atoms with E-state index in [0.717, 1.165) is 18.8 Å². The van der Waals surface area contributed by atoms with Gasteiger partial charge in [-0.05, 0) is 38.0 Å². The summed E-state index contributed by atoms with van der Waals surface area (Å²) in [5.74, 6) is 0.236. The molecule has 0 saturated heterocycles. The molecule has 84 valence electrons. The molecular weight excluding hydrogens is 188 g/mol. The Kier molecular flexibility index (Phi) is 4.61. The predicted octanol–water partition coefficient (Wildman–Crippen LogP) is 2.23. The van der Waals surface area contributed by atoms with Crippen LogP contribution in [0.4, 0.5) is 0 Å². The van der Waals surface area contributed by atoms with Crippen LogP contribution in [0.3, 0.4) is 0 Å². The quantitative estimate of drug-likeness (QED) is 0.773. The van der Waals surface area contributed by atoms with Gasteiger partial charge in [0.25, 0.3) is 0 Å². The molecular formula is C12H20N2O. The number of nitriles is 1. The van der Waals surface area contributed by atoms with Crippen molar-refractivity contribution >= 4 is 5.91 Å². The second-order valence-corrected chi connectivity index (χ2v) is 4.56. The fourth-order valence-corrected chi connectivity index (χ4v) is 2.04. The van der Waals surface area contributed by atoms with Crippen LogP contribution < -0.4 is 5.32 Å². The SMILES string of the molecule is CCC(C#N)C(=O)NC1CCC(C)CC1. The smallest absolute Gasteiger partial charge is 0.237 e. The van der Waals surface area contributed by atoms with Gasteiger partial charge >= 0.3 is 0 Å². The van der Waals surface area contributed by atoms with E-state index < -0.39 is 5.92 Å². The molecule has 1 rings (SSSR count). The number of rotatable bonds is 3. The van der Waals surface area contributed by atoms with Gasteiger partial charge in [-0.1, -0.05) is 13.8 Å². The topological polar surface area (TPSA) is 52.9 Å². The summed E-state index contributed by atoms with van der Waals surface area (Å²) in [6.07, 6.45) is 5.11. The Morgan fingerprint density at radius 1 is 1.47 bits per heavy atom. The van der Waals surface area contributed by atoms with Crippen molar-refractivity contribution in [2.45, 2.75) is 52.0 Å². The van der Waals surface area contributed by atoms with Crippen molar-refractivity contribution in [2.75, 3.05) is 0 Å². The van der Waals surface area contributed by atoms with Crippen LogP contribution in [0, 0.1) is 23.2 Å². The minimum Gasteiger partial charge on any atom is -0.352 e. The summed E-state index contributed by atoms with van der Waals surface area (Å²) in [5.41, 5.74) is 0. The number of nitrogens with one attached hydrogen (secondary N) is 1. The summed E-state index contributed by atoms with van der Waals surface area (Å²) in [6, 6.07) is 2.34. The first kappa shape index (κ1) is 12.0. The minimum absolute atomic E-state index is 0.0837. The van der Waals surface area contributed by atoms with Gasteiger partial charge in [-0.15, -0.1) is 0 Å². The largest absolute Gasteiger partial charge is 0.352 e. The standard InChI is InChI=1S/C12H20N2O/c1-3-10(8-13)12(15)14-11-6-4-9(2)5-7-11/h9-11H,3-7H2,1-2H3,(H,14,15). The third-order valence-corrected chi connectivity index (χ3v) is 3.24. The highest BCUT2D eigenvalue weighted by Gasteiger charge is 2.22. The van der Waals surface area contributed by atoms with Crippen LogP contribution in [-0.4, -0.2) is 11.9 Å². The highest BCUT2D eigenvalue weighted by atomic mass is 16.1. The maximum Gasteiger partial charge on any atom is 0.237 e. The Bertz CT molecular complexity index is 249. The summed E-state index contributed by atoms with van der Waals surface area (Å²) in [5, 5.41) is 11.7. The van der Waals surface area contributed by atoms with Crippen molar-refractivity contribution in [3.8, 4) is 6.07 Å². The maximum absolute atomic E-state index is 11.6. The molecule has 0 heterocycles. The molecule has 1 amide bonds. The molecule has 1 N–H and O–H groups in total. The van der Waals surface area contributed by atoms with E-state index >= 15 is 0 Å². The van der Waals surface area contributed by atoms with Crippen LogP contribution in [0.1, 0.15) is 46.0 Å². The molecule has 1 fully saturated rings. The lowest BCUT2D eigenvalue weighted by atomic mass is 9.87. The number of carbonyl (C=O) groups excluding carboxylic acids is 1. The number of amides is 1. The van der Waals surface area contributed by atoms with Crippen LogP contribution in [0.25, 0.3) is 0 Å². The number of carbonyl (C=O) groups is 1. The van der Waals surface area contributed by atoms with Crippen molar-refractivity contribution in [3.05, 3.63) is 0 Å². The fourth-order valence-electron chi connectivity index (χ4n) is 2.04. The molecule has 1 atom stereocenters. The van der Waals surface area contributed by atoms with E-state index in [1.54, 1.807) is 0 Å². The molecule has 0 aromatic carbocycles. The van der Waals surface area contributed by atoms with Crippen LogP contribution in [0.5, 0.6) is 0 Å². The van der Waals surface area contributed by atoms with E-state index in [2.05, 4.69) is 12.2 Å². The average Bonchev–Trinajstić information content (AvgIpc) is 2.23. The monoisotopic (exact) mass is 208 g/mol. The highest BCUT2D eigenvalue weighted by Crippen LogP contribution is 2.23. The fraction of sp³-hybridized carbons (Fsp3) is 0.833. The summed E-state index contributed by atoms with van der Waals surface area (Å²) < 4.78 is 0. The Morgan fingerprint density at radius 3 is 2.53 bits per heavy atom. The van der Waals surface area contributed by atoms with E-state index in [1.165, 1.54) is 12.8 Å². The molecule has 0 radical (unpaired) electrons. The molecule has 1 unspecified atom stereocenters. The Morgan fingerprint density at radius 2 is 2.07 bits per heavy atom. The molecule has 0 aromatic rings. The molecule has 1 aliphatic rings. The summed E-state index contributed by atoms with van der Waals surface area (Å²) >= 11 is 0. The third-order valence-electron chi connectivity index (χ3n) is 3.24. The first-order valence-corrected chi connectivity index (χ1v) is 5.87. The number of hydrogen-bond acceptors (Lipinski definition) is 2. The number of hydrogen-bond donors (Lipinski definition) is 1. The van der Waals surface area contributed by atoms with E-state index in [1.807, 2.05) is 13.0 Å². The van der Waals surface area contributed by atoms with Crippen molar-refractivity contribution in [1.29, 1.82) is 5.26 Å². The number of nitrogens with zero attached hydrogens (tertiary/aromatic N) is 1. The first-order chi connectivity index (χ1) is 7.17. The van der Waals surface area contributed by atoms with E-state index in [0.29, 0.717) is 12.5 Å². The second-order valence-electron chi connectivity index (χ2n) is 4.56. The van der Waals surface area contributed by atoms with Gasteiger partial charge in [-0.3, -0.25) is 4.79 Å². The zero-order valence-electron chi connectivity index (χ0n) is 9.62. The van der Waals surface area contributed by atoms with Crippen LogP contribution in [0.2, 0.25) is 0 Å². The molecule has 0 aromatic heterocycles. The van der Waals surface area contributed by atoms with Gasteiger partial charge in [0.2, 0.25) is 5.91 Å². The van der Waals surface area contributed by atoms with E-state index in [4.69, 9.17) is 5.26 Å². The van der Waals surface area contributed by atoms with Crippen molar-refractivity contribution in [2.24, 2.45) is 11.8 Å². The van der Waals surface area contributed by atoms with Gasteiger partial charge in [-0.25, -0.2) is 0 Å². The lowest BCUT2D eigenvalue weighted by molar-refractivity contribution is -0.124. The summed E-state index contributed by atoms with van der Waals surface area (Å²) in [4.78, 5) is 11.6. The Hall–Kier alpha value is -1.04. The van der Waals surface area contributed by atoms with E-state index in [9.17, 15) is 4.79 Å². The molecule has 0 spiro atoms.